The molecule has 0 unspecified atom stereocenters. The first-order chi connectivity index (χ1) is 11.6. The molecule has 5 heteroatoms. The molecule has 0 bridgehead atoms. The molecule has 0 aliphatic carbocycles. The number of carbonyl (C=O) groups excluding carboxylic acids is 1. The van der Waals surface area contributed by atoms with Crippen molar-refractivity contribution in [3.05, 3.63) is 59.7 Å². The molecule has 0 aromatic heterocycles. The van der Waals surface area contributed by atoms with Crippen molar-refractivity contribution >= 4 is 17.7 Å². The van der Waals surface area contributed by atoms with Gasteiger partial charge in [-0.15, -0.1) is 11.8 Å². The Morgan fingerprint density at radius 3 is 2.58 bits per heavy atom. The molecule has 2 aromatic carbocycles. The van der Waals surface area contributed by atoms with Crippen LogP contribution in [0.5, 0.6) is 5.75 Å². The fourth-order valence-electron chi connectivity index (χ4n) is 2.31. The lowest BCUT2D eigenvalue weighted by Gasteiger charge is -2.14. The van der Waals surface area contributed by atoms with E-state index in [2.05, 4.69) is 17.4 Å². The van der Waals surface area contributed by atoms with Crippen LogP contribution in [0.1, 0.15) is 22.8 Å². The smallest absolute Gasteiger partial charge is 0.251 e. The van der Waals surface area contributed by atoms with Crippen LogP contribution in [0.25, 0.3) is 0 Å². The predicted molar refractivity (Wildman–Crippen MR) is 97.8 cm³/mol. The molecule has 2 aromatic rings. The molecule has 1 N–H and O–H groups in total. The SMILES string of the molecule is COC[C@H](C)NC(=O)c1ccc(OC)c(CSc2ccccc2)c1. The Kier molecular flexibility index (Phi) is 7.15. The van der Waals surface area contributed by atoms with E-state index in [0.717, 1.165) is 17.1 Å². The third kappa shape index (κ3) is 5.28. The summed E-state index contributed by atoms with van der Waals surface area (Å²) in [6, 6.07) is 15.6. The van der Waals surface area contributed by atoms with Crippen LogP contribution in [0.15, 0.2) is 53.4 Å². The van der Waals surface area contributed by atoms with Crippen molar-refractivity contribution in [2.24, 2.45) is 0 Å². The van der Waals surface area contributed by atoms with E-state index >= 15 is 0 Å². The molecule has 1 amide bonds. The van der Waals surface area contributed by atoms with Gasteiger partial charge in [-0.25, -0.2) is 0 Å². The highest BCUT2D eigenvalue weighted by Crippen LogP contribution is 2.28. The van der Waals surface area contributed by atoms with Gasteiger partial charge < -0.3 is 14.8 Å². The summed E-state index contributed by atoms with van der Waals surface area (Å²) in [5.41, 5.74) is 1.63. The Labute approximate surface area is 147 Å². The summed E-state index contributed by atoms with van der Waals surface area (Å²) in [5.74, 6) is 1.43. The lowest BCUT2D eigenvalue weighted by Crippen LogP contribution is -2.35. The number of rotatable bonds is 8. The van der Waals surface area contributed by atoms with Crippen molar-refractivity contribution in [3.63, 3.8) is 0 Å². The Hall–Kier alpha value is -1.98. The van der Waals surface area contributed by atoms with Crippen LogP contribution in [-0.2, 0) is 10.5 Å². The number of benzene rings is 2. The second-order valence-corrected chi connectivity index (χ2v) is 6.51. The molecule has 0 saturated heterocycles. The topological polar surface area (TPSA) is 47.6 Å². The van der Waals surface area contributed by atoms with Crippen LogP contribution in [-0.4, -0.2) is 32.8 Å². The molecule has 128 valence electrons. The van der Waals surface area contributed by atoms with E-state index in [1.165, 1.54) is 4.90 Å². The summed E-state index contributed by atoms with van der Waals surface area (Å²) in [4.78, 5) is 13.5. The molecule has 0 fully saturated rings. The minimum atomic E-state index is -0.104. The molecule has 0 aliphatic heterocycles. The van der Waals surface area contributed by atoms with Gasteiger partial charge in [0.15, 0.2) is 0 Å². The van der Waals surface area contributed by atoms with Gasteiger partial charge in [0.2, 0.25) is 0 Å². The van der Waals surface area contributed by atoms with E-state index in [1.807, 2.05) is 37.3 Å². The number of amides is 1. The first-order valence-corrected chi connectivity index (χ1v) is 8.77. The maximum absolute atomic E-state index is 12.3. The lowest BCUT2D eigenvalue weighted by atomic mass is 10.1. The second-order valence-electron chi connectivity index (χ2n) is 5.46. The van der Waals surface area contributed by atoms with E-state index in [0.29, 0.717) is 12.2 Å². The largest absolute Gasteiger partial charge is 0.496 e. The fraction of sp³-hybridized carbons (Fsp3) is 0.316. The predicted octanol–water partition coefficient (Wildman–Crippen LogP) is 3.75. The minimum absolute atomic E-state index is 0.0354. The van der Waals surface area contributed by atoms with Crippen LogP contribution in [0.3, 0.4) is 0 Å². The number of hydrogen-bond acceptors (Lipinski definition) is 4. The zero-order valence-electron chi connectivity index (χ0n) is 14.2. The van der Waals surface area contributed by atoms with E-state index in [9.17, 15) is 4.79 Å². The standard InChI is InChI=1S/C19H23NO3S/c1-14(12-22-2)20-19(21)15-9-10-18(23-3)16(11-15)13-24-17-7-5-4-6-8-17/h4-11,14H,12-13H2,1-3H3,(H,20,21)/t14-/m0/s1. The number of hydrogen-bond donors (Lipinski definition) is 1. The van der Waals surface area contributed by atoms with Gasteiger partial charge in [-0.2, -0.15) is 0 Å². The lowest BCUT2D eigenvalue weighted by molar-refractivity contribution is 0.0905. The number of nitrogens with one attached hydrogen (secondary N) is 1. The average Bonchev–Trinajstić information content (AvgIpc) is 2.60. The highest BCUT2D eigenvalue weighted by atomic mass is 32.2. The maximum Gasteiger partial charge on any atom is 0.251 e. The number of carbonyl (C=O) groups is 1. The second kappa shape index (κ2) is 9.35. The zero-order valence-corrected chi connectivity index (χ0v) is 15.1. The Morgan fingerprint density at radius 2 is 1.92 bits per heavy atom. The summed E-state index contributed by atoms with van der Waals surface area (Å²) in [6.45, 7) is 2.40. The van der Waals surface area contributed by atoms with Crippen molar-refractivity contribution in [1.82, 2.24) is 5.32 Å². The monoisotopic (exact) mass is 345 g/mol. The van der Waals surface area contributed by atoms with Gasteiger partial charge in [-0.3, -0.25) is 4.79 Å². The molecule has 0 radical (unpaired) electrons. The molecule has 0 saturated carbocycles. The first-order valence-electron chi connectivity index (χ1n) is 7.78. The van der Waals surface area contributed by atoms with Crippen molar-refractivity contribution in [1.29, 1.82) is 0 Å². The molecule has 4 nitrogen and oxygen atoms in total. The Bertz CT molecular complexity index is 661. The summed E-state index contributed by atoms with van der Waals surface area (Å²) >= 11 is 1.71. The molecule has 2 rings (SSSR count). The molecule has 1 atom stereocenters. The highest BCUT2D eigenvalue weighted by molar-refractivity contribution is 7.98. The van der Waals surface area contributed by atoms with Crippen LogP contribution in [0, 0.1) is 0 Å². The Balaban J connectivity index is 2.10. The summed E-state index contributed by atoms with van der Waals surface area (Å²) in [5, 5.41) is 2.92. The normalized spacial score (nSPS) is 11.8. The van der Waals surface area contributed by atoms with E-state index in [1.54, 1.807) is 32.0 Å². The molecule has 0 aliphatic rings. The van der Waals surface area contributed by atoms with E-state index in [-0.39, 0.29) is 11.9 Å². The zero-order chi connectivity index (χ0) is 17.4. The van der Waals surface area contributed by atoms with Crippen molar-refractivity contribution in [3.8, 4) is 5.75 Å². The average molecular weight is 345 g/mol. The van der Waals surface area contributed by atoms with Crippen molar-refractivity contribution in [2.45, 2.75) is 23.6 Å². The number of ether oxygens (including phenoxy) is 2. The van der Waals surface area contributed by atoms with Gasteiger partial charge in [-0.05, 0) is 37.3 Å². The fourth-order valence-corrected chi connectivity index (χ4v) is 3.21. The summed E-state index contributed by atoms with van der Waals surface area (Å²) < 4.78 is 10.5. The first kappa shape index (κ1) is 18.4. The van der Waals surface area contributed by atoms with E-state index < -0.39 is 0 Å². The maximum atomic E-state index is 12.3. The van der Waals surface area contributed by atoms with Crippen LogP contribution < -0.4 is 10.1 Å². The molecular formula is C19H23NO3S. The van der Waals surface area contributed by atoms with Crippen LogP contribution in [0.2, 0.25) is 0 Å². The molecular weight excluding hydrogens is 322 g/mol. The third-order valence-corrected chi connectivity index (χ3v) is 4.54. The third-order valence-electron chi connectivity index (χ3n) is 3.47. The van der Waals surface area contributed by atoms with Crippen LogP contribution in [0.4, 0.5) is 0 Å². The molecule has 0 heterocycles. The minimum Gasteiger partial charge on any atom is -0.496 e. The van der Waals surface area contributed by atoms with Crippen molar-refractivity contribution < 1.29 is 14.3 Å². The summed E-state index contributed by atoms with van der Waals surface area (Å²) in [6.07, 6.45) is 0. The van der Waals surface area contributed by atoms with Gasteiger partial charge in [0, 0.05) is 34.9 Å². The molecule has 24 heavy (non-hydrogen) atoms. The number of thioether (sulfide) groups is 1. The van der Waals surface area contributed by atoms with Crippen molar-refractivity contribution in [2.75, 3.05) is 20.8 Å². The number of methoxy groups -OCH3 is 2. The van der Waals surface area contributed by atoms with E-state index in [4.69, 9.17) is 9.47 Å². The Morgan fingerprint density at radius 1 is 1.17 bits per heavy atom. The van der Waals surface area contributed by atoms with Gasteiger partial charge in [0.1, 0.15) is 5.75 Å². The quantitative estimate of drug-likeness (QED) is 0.740. The van der Waals surface area contributed by atoms with Gasteiger partial charge >= 0.3 is 0 Å². The van der Waals surface area contributed by atoms with Gasteiger partial charge in [0.25, 0.3) is 5.91 Å². The highest BCUT2D eigenvalue weighted by Gasteiger charge is 2.13. The molecule has 0 spiro atoms. The van der Waals surface area contributed by atoms with Gasteiger partial charge in [-0.1, -0.05) is 18.2 Å². The van der Waals surface area contributed by atoms with Crippen LogP contribution >= 0.6 is 11.8 Å². The summed E-state index contributed by atoms with van der Waals surface area (Å²) in [7, 11) is 3.27. The van der Waals surface area contributed by atoms with Gasteiger partial charge in [0.05, 0.1) is 13.7 Å².